The van der Waals surface area contributed by atoms with Gasteiger partial charge in [0.2, 0.25) is 5.91 Å². The van der Waals surface area contributed by atoms with Crippen molar-refractivity contribution in [3.63, 3.8) is 0 Å². The molecule has 1 amide bonds. The Bertz CT molecular complexity index is 279. The van der Waals surface area contributed by atoms with E-state index in [0.717, 1.165) is 32.5 Å². The van der Waals surface area contributed by atoms with E-state index in [-0.39, 0.29) is 5.91 Å². The molecule has 1 heterocycles. The lowest BCUT2D eigenvalue weighted by molar-refractivity contribution is -0.127. The van der Waals surface area contributed by atoms with Crippen molar-refractivity contribution < 1.29 is 4.79 Å². The normalized spacial score (nSPS) is 26.1. The van der Waals surface area contributed by atoms with E-state index in [1.165, 1.54) is 32.1 Å². The lowest BCUT2D eigenvalue weighted by atomic mass is 9.84. The van der Waals surface area contributed by atoms with Crippen LogP contribution in [-0.4, -0.2) is 42.0 Å². The van der Waals surface area contributed by atoms with Crippen molar-refractivity contribution >= 4 is 5.91 Å². The van der Waals surface area contributed by atoms with Crippen LogP contribution in [0.1, 0.15) is 51.9 Å². The summed E-state index contributed by atoms with van der Waals surface area (Å²) in [7, 11) is 0. The molecule has 0 spiro atoms. The number of hydrogen-bond acceptors (Lipinski definition) is 3. The Morgan fingerprint density at radius 3 is 2.39 bits per heavy atom. The Kier molecular flexibility index (Phi) is 4.62. The standard InChI is InChI=1S/C14H27N3O/c1-2-17-10-8-14(9-11-17,13(15)18)16-12-6-4-3-5-7-12/h12,16H,2-11H2,1H3,(H2,15,18). The molecule has 0 bridgehead atoms. The smallest absolute Gasteiger partial charge is 0.237 e. The van der Waals surface area contributed by atoms with Crippen molar-refractivity contribution in [2.75, 3.05) is 19.6 Å². The molecule has 4 heteroatoms. The third-order valence-corrected chi connectivity index (χ3v) is 4.71. The number of likely N-dealkylation sites (tertiary alicyclic amines) is 1. The van der Waals surface area contributed by atoms with Crippen molar-refractivity contribution in [3.8, 4) is 0 Å². The van der Waals surface area contributed by atoms with Crippen LogP contribution in [0.3, 0.4) is 0 Å². The molecule has 0 unspecified atom stereocenters. The number of carbonyl (C=O) groups is 1. The molecule has 104 valence electrons. The SMILES string of the molecule is CCN1CCC(NC2CCCCC2)(C(N)=O)CC1. The minimum Gasteiger partial charge on any atom is -0.368 e. The Balaban J connectivity index is 1.96. The summed E-state index contributed by atoms with van der Waals surface area (Å²) in [4.78, 5) is 14.3. The fraction of sp³-hybridized carbons (Fsp3) is 0.929. The molecule has 3 N–H and O–H groups in total. The van der Waals surface area contributed by atoms with Gasteiger partial charge in [-0.25, -0.2) is 0 Å². The number of nitrogens with two attached hydrogens (primary N) is 1. The highest BCUT2D eigenvalue weighted by Gasteiger charge is 2.40. The van der Waals surface area contributed by atoms with Gasteiger partial charge < -0.3 is 16.0 Å². The predicted molar refractivity (Wildman–Crippen MR) is 73.3 cm³/mol. The topological polar surface area (TPSA) is 58.4 Å². The van der Waals surface area contributed by atoms with E-state index in [2.05, 4.69) is 17.1 Å². The summed E-state index contributed by atoms with van der Waals surface area (Å²) in [5.41, 5.74) is 5.25. The first-order chi connectivity index (χ1) is 8.66. The van der Waals surface area contributed by atoms with Gasteiger partial charge in [-0.15, -0.1) is 0 Å². The molecule has 1 aliphatic heterocycles. The zero-order valence-electron chi connectivity index (χ0n) is 11.6. The maximum atomic E-state index is 11.9. The lowest BCUT2D eigenvalue weighted by Gasteiger charge is -2.42. The second-order valence-corrected chi connectivity index (χ2v) is 5.86. The Morgan fingerprint density at radius 2 is 1.89 bits per heavy atom. The van der Waals surface area contributed by atoms with Crippen LogP contribution in [0.4, 0.5) is 0 Å². The molecule has 0 aromatic heterocycles. The van der Waals surface area contributed by atoms with Crippen LogP contribution in [0.2, 0.25) is 0 Å². The fourth-order valence-electron chi connectivity index (χ4n) is 3.35. The van der Waals surface area contributed by atoms with Gasteiger partial charge in [0.05, 0.1) is 0 Å². The molecule has 0 aromatic rings. The Labute approximate surface area is 110 Å². The van der Waals surface area contributed by atoms with Crippen LogP contribution in [0.25, 0.3) is 0 Å². The van der Waals surface area contributed by atoms with Gasteiger partial charge in [-0.1, -0.05) is 26.2 Å². The molecule has 4 nitrogen and oxygen atoms in total. The van der Waals surface area contributed by atoms with E-state index in [4.69, 9.17) is 5.73 Å². The highest BCUT2D eigenvalue weighted by molar-refractivity contribution is 5.84. The van der Waals surface area contributed by atoms with Gasteiger partial charge in [-0.3, -0.25) is 4.79 Å². The van der Waals surface area contributed by atoms with Gasteiger partial charge in [0.15, 0.2) is 0 Å². The van der Waals surface area contributed by atoms with E-state index in [1.54, 1.807) is 0 Å². The van der Waals surface area contributed by atoms with Gasteiger partial charge in [0, 0.05) is 19.1 Å². The number of carbonyl (C=O) groups excluding carboxylic acids is 1. The van der Waals surface area contributed by atoms with Crippen LogP contribution >= 0.6 is 0 Å². The molecular formula is C14H27N3O. The van der Waals surface area contributed by atoms with Crippen molar-refractivity contribution in [1.82, 2.24) is 10.2 Å². The van der Waals surface area contributed by atoms with E-state index in [9.17, 15) is 4.79 Å². The predicted octanol–water partition coefficient (Wildman–Crippen LogP) is 1.25. The molecular weight excluding hydrogens is 226 g/mol. The van der Waals surface area contributed by atoms with Crippen LogP contribution in [-0.2, 0) is 4.79 Å². The highest BCUT2D eigenvalue weighted by Crippen LogP contribution is 2.26. The average molecular weight is 253 g/mol. The number of hydrogen-bond donors (Lipinski definition) is 2. The van der Waals surface area contributed by atoms with Crippen molar-refractivity contribution in [2.24, 2.45) is 5.73 Å². The molecule has 2 aliphatic rings. The lowest BCUT2D eigenvalue weighted by Crippen LogP contribution is -2.63. The Hall–Kier alpha value is -0.610. The summed E-state index contributed by atoms with van der Waals surface area (Å²) in [6, 6.07) is 0.499. The molecule has 18 heavy (non-hydrogen) atoms. The minimum absolute atomic E-state index is 0.149. The van der Waals surface area contributed by atoms with Crippen molar-refractivity contribution in [3.05, 3.63) is 0 Å². The number of nitrogens with one attached hydrogen (secondary N) is 1. The van der Waals surface area contributed by atoms with E-state index in [1.807, 2.05) is 0 Å². The van der Waals surface area contributed by atoms with Crippen molar-refractivity contribution in [1.29, 1.82) is 0 Å². The van der Waals surface area contributed by atoms with Crippen LogP contribution < -0.4 is 11.1 Å². The first-order valence-electron chi connectivity index (χ1n) is 7.46. The monoisotopic (exact) mass is 253 g/mol. The summed E-state index contributed by atoms with van der Waals surface area (Å²) in [5.74, 6) is -0.149. The summed E-state index contributed by atoms with van der Waals surface area (Å²) < 4.78 is 0. The molecule has 1 saturated heterocycles. The maximum absolute atomic E-state index is 11.9. The molecule has 0 radical (unpaired) electrons. The summed E-state index contributed by atoms with van der Waals surface area (Å²) in [5, 5.41) is 3.61. The van der Waals surface area contributed by atoms with Gasteiger partial charge in [-0.05, 0) is 32.2 Å². The number of nitrogens with zero attached hydrogens (tertiary/aromatic N) is 1. The zero-order valence-corrected chi connectivity index (χ0v) is 11.6. The first kappa shape index (κ1) is 13.8. The van der Waals surface area contributed by atoms with Crippen LogP contribution in [0, 0.1) is 0 Å². The number of rotatable bonds is 4. The molecule has 2 fully saturated rings. The third kappa shape index (κ3) is 3.04. The first-order valence-corrected chi connectivity index (χ1v) is 7.46. The third-order valence-electron chi connectivity index (χ3n) is 4.71. The second kappa shape index (κ2) is 6.02. The fourth-order valence-corrected chi connectivity index (χ4v) is 3.35. The van der Waals surface area contributed by atoms with Crippen molar-refractivity contribution in [2.45, 2.75) is 63.5 Å². The van der Waals surface area contributed by atoms with Crippen LogP contribution in [0.15, 0.2) is 0 Å². The van der Waals surface area contributed by atoms with Gasteiger partial charge in [-0.2, -0.15) is 0 Å². The average Bonchev–Trinajstić information content (AvgIpc) is 2.40. The summed E-state index contributed by atoms with van der Waals surface area (Å²) >= 11 is 0. The molecule has 1 saturated carbocycles. The minimum atomic E-state index is -0.437. The van der Waals surface area contributed by atoms with Gasteiger partial charge >= 0.3 is 0 Å². The second-order valence-electron chi connectivity index (χ2n) is 5.86. The highest BCUT2D eigenvalue weighted by atomic mass is 16.1. The summed E-state index contributed by atoms with van der Waals surface area (Å²) in [6.07, 6.45) is 8.05. The molecule has 0 atom stereocenters. The van der Waals surface area contributed by atoms with Gasteiger partial charge in [0.1, 0.15) is 5.54 Å². The number of piperidine rings is 1. The molecule has 2 rings (SSSR count). The quantitative estimate of drug-likeness (QED) is 0.793. The Morgan fingerprint density at radius 1 is 1.28 bits per heavy atom. The summed E-state index contributed by atoms with van der Waals surface area (Å²) in [6.45, 7) is 5.21. The van der Waals surface area contributed by atoms with Gasteiger partial charge in [0.25, 0.3) is 0 Å². The van der Waals surface area contributed by atoms with E-state index in [0.29, 0.717) is 6.04 Å². The zero-order chi connectivity index (χ0) is 13.0. The maximum Gasteiger partial charge on any atom is 0.237 e. The van der Waals surface area contributed by atoms with E-state index < -0.39 is 5.54 Å². The number of primary amides is 1. The van der Waals surface area contributed by atoms with Crippen LogP contribution in [0.5, 0.6) is 0 Å². The van der Waals surface area contributed by atoms with E-state index >= 15 is 0 Å². The number of amides is 1. The largest absolute Gasteiger partial charge is 0.368 e. The molecule has 1 aliphatic carbocycles. The molecule has 0 aromatic carbocycles.